The number of halogens is 4. The number of anilines is 1. The largest absolute Gasteiger partial charge is 0.508 e. The highest BCUT2D eigenvalue weighted by Crippen LogP contribution is 2.32. The Morgan fingerprint density at radius 3 is 2.31 bits per heavy atom. The number of benzene rings is 3. The molecule has 1 fully saturated rings. The first kappa shape index (κ1) is 29.4. The molecule has 0 atom stereocenters. The van der Waals surface area contributed by atoms with Gasteiger partial charge in [0.05, 0.1) is 29.4 Å². The predicted octanol–water partition coefficient (Wildman–Crippen LogP) is 4.69. The Morgan fingerprint density at radius 2 is 1.64 bits per heavy atom. The number of aromatic hydroxyl groups is 1. The summed E-state index contributed by atoms with van der Waals surface area (Å²) in [6.07, 6.45) is -4.50. The number of aromatic nitrogens is 2. The summed E-state index contributed by atoms with van der Waals surface area (Å²) in [6.45, 7) is 3.94. The molecule has 9 nitrogen and oxygen atoms in total. The molecule has 1 aliphatic rings. The molecule has 2 N–H and O–H groups in total. The standard InChI is InChI=1S/C29H27ClF3N5O4/c30-23-14-21(17-38-28(41)42-27(35-38)20-6-8-22(9-7-20)29(31,32)33)25(39)15-24(23)34-26(40)18-37-12-10-36(11-13-37)16-19-4-2-1-3-5-19/h1-9,14-15,39H,10-13,16-18H2,(H,34,40). The Kier molecular flexibility index (Phi) is 8.66. The molecule has 4 aromatic rings. The van der Waals surface area contributed by atoms with E-state index in [2.05, 4.69) is 27.4 Å². The van der Waals surface area contributed by atoms with Gasteiger partial charge in [0, 0.05) is 49.9 Å². The van der Waals surface area contributed by atoms with E-state index in [0.29, 0.717) is 0 Å². The average Bonchev–Trinajstić information content (AvgIpc) is 3.32. The highest BCUT2D eigenvalue weighted by Gasteiger charge is 2.30. The van der Waals surface area contributed by atoms with Crippen molar-refractivity contribution in [1.29, 1.82) is 0 Å². The summed E-state index contributed by atoms with van der Waals surface area (Å²) in [7, 11) is 0. The molecular formula is C29H27ClF3N5O4. The number of hydrogen-bond donors (Lipinski definition) is 2. The van der Waals surface area contributed by atoms with Crippen molar-refractivity contribution >= 4 is 23.2 Å². The van der Waals surface area contributed by atoms with E-state index >= 15 is 0 Å². The van der Waals surface area contributed by atoms with E-state index < -0.39 is 17.5 Å². The molecule has 0 spiro atoms. The smallest absolute Gasteiger partial charge is 0.437 e. The minimum absolute atomic E-state index is 0.142. The van der Waals surface area contributed by atoms with Crippen molar-refractivity contribution in [3.05, 3.63) is 99.0 Å². The Balaban J connectivity index is 1.17. The van der Waals surface area contributed by atoms with Gasteiger partial charge in [0.25, 0.3) is 0 Å². The summed E-state index contributed by atoms with van der Waals surface area (Å²) < 4.78 is 44.5. The summed E-state index contributed by atoms with van der Waals surface area (Å²) in [5.41, 5.74) is 1.01. The highest BCUT2D eigenvalue weighted by atomic mass is 35.5. The fourth-order valence-corrected chi connectivity index (χ4v) is 4.88. The summed E-state index contributed by atoms with van der Waals surface area (Å²) in [5.74, 6) is -1.57. The van der Waals surface area contributed by atoms with Crippen LogP contribution in [0.4, 0.5) is 18.9 Å². The maximum Gasteiger partial charge on any atom is 0.437 e. The summed E-state index contributed by atoms with van der Waals surface area (Å²) in [5, 5.41) is 17.5. The van der Waals surface area contributed by atoms with Gasteiger partial charge in [0.15, 0.2) is 0 Å². The normalized spacial score (nSPS) is 14.7. The number of carbonyl (C=O) groups excluding carboxylic acids is 1. The number of rotatable bonds is 8. The molecule has 0 aliphatic carbocycles. The fourth-order valence-electron chi connectivity index (χ4n) is 4.65. The SMILES string of the molecule is O=C(CN1CCN(Cc2ccccc2)CC1)Nc1cc(O)c(Cn2nc(-c3ccc(C(F)(F)F)cc3)oc2=O)cc1Cl. The Morgan fingerprint density at radius 1 is 0.976 bits per heavy atom. The molecule has 5 rings (SSSR count). The molecule has 0 unspecified atom stereocenters. The van der Waals surface area contributed by atoms with Crippen molar-refractivity contribution in [1.82, 2.24) is 19.6 Å². The molecule has 220 valence electrons. The molecule has 0 saturated carbocycles. The quantitative estimate of drug-likeness (QED) is 0.302. The summed E-state index contributed by atoms with van der Waals surface area (Å²) >= 11 is 6.37. The third kappa shape index (κ3) is 7.19. The number of phenols is 1. The molecule has 3 aromatic carbocycles. The first-order valence-corrected chi connectivity index (χ1v) is 13.5. The van der Waals surface area contributed by atoms with Crippen molar-refractivity contribution in [3.8, 4) is 17.2 Å². The number of phenolic OH excluding ortho intramolecular Hbond substituents is 1. The van der Waals surface area contributed by atoms with Crippen LogP contribution >= 0.6 is 11.6 Å². The lowest BCUT2D eigenvalue weighted by molar-refractivity contribution is -0.137. The van der Waals surface area contributed by atoms with Crippen molar-refractivity contribution < 1.29 is 27.5 Å². The summed E-state index contributed by atoms with van der Waals surface area (Å²) in [4.78, 5) is 29.4. The first-order chi connectivity index (χ1) is 20.0. The Hall–Kier alpha value is -4.13. The molecule has 1 aromatic heterocycles. The van der Waals surface area contributed by atoms with E-state index in [1.54, 1.807) is 0 Å². The van der Waals surface area contributed by atoms with Gasteiger partial charge in [-0.1, -0.05) is 41.9 Å². The van der Waals surface area contributed by atoms with Gasteiger partial charge in [-0.25, -0.2) is 4.79 Å². The topological polar surface area (TPSA) is 104 Å². The molecule has 0 radical (unpaired) electrons. The number of carbonyl (C=O) groups is 1. The summed E-state index contributed by atoms with van der Waals surface area (Å²) in [6, 6.07) is 16.9. The molecule has 1 amide bonds. The van der Waals surface area contributed by atoms with Gasteiger partial charge in [-0.3, -0.25) is 14.6 Å². The lowest BCUT2D eigenvalue weighted by atomic mass is 10.1. The van der Waals surface area contributed by atoms with Crippen LogP contribution in [0.2, 0.25) is 5.02 Å². The number of nitrogens with zero attached hydrogens (tertiary/aromatic N) is 4. The van der Waals surface area contributed by atoms with Crippen LogP contribution in [-0.4, -0.2) is 63.3 Å². The van der Waals surface area contributed by atoms with Crippen LogP contribution in [0.1, 0.15) is 16.7 Å². The molecule has 2 heterocycles. The molecular weight excluding hydrogens is 575 g/mol. The van der Waals surface area contributed by atoms with Crippen LogP contribution in [0.5, 0.6) is 5.75 Å². The number of piperazine rings is 1. The van der Waals surface area contributed by atoms with E-state index in [1.165, 1.54) is 17.7 Å². The van der Waals surface area contributed by atoms with E-state index in [9.17, 15) is 27.9 Å². The fraction of sp³-hybridized carbons (Fsp3) is 0.276. The van der Waals surface area contributed by atoms with Gasteiger partial charge >= 0.3 is 11.9 Å². The predicted molar refractivity (Wildman–Crippen MR) is 150 cm³/mol. The zero-order valence-electron chi connectivity index (χ0n) is 22.3. The van der Waals surface area contributed by atoms with E-state index in [0.717, 1.165) is 61.7 Å². The molecule has 13 heteroatoms. The maximum atomic E-state index is 12.8. The minimum Gasteiger partial charge on any atom is -0.508 e. The minimum atomic E-state index is -4.50. The average molecular weight is 602 g/mol. The van der Waals surface area contributed by atoms with Crippen molar-refractivity contribution in [2.45, 2.75) is 19.3 Å². The third-order valence-electron chi connectivity index (χ3n) is 6.91. The monoisotopic (exact) mass is 601 g/mol. The number of nitrogens with one attached hydrogen (secondary N) is 1. The van der Waals surface area contributed by atoms with Gasteiger partial charge in [-0.15, -0.1) is 5.10 Å². The first-order valence-electron chi connectivity index (χ1n) is 13.1. The van der Waals surface area contributed by atoms with Crippen LogP contribution in [0.25, 0.3) is 11.5 Å². The van der Waals surface area contributed by atoms with Gasteiger partial charge < -0.3 is 14.8 Å². The molecule has 1 aliphatic heterocycles. The van der Waals surface area contributed by atoms with Crippen LogP contribution in [-0.2, 0) is 24.1 Å². The lowest BCUT2D eigenvalue weighted by Crippen LogP contribution is -2.48. The van der Waals surface area contributed by atoms with Gasteiger partial charge in [0.1, 0.15) is 5.75 Å². The van der Waals surface area contributed by atoms with Crippen LogP contribution in [0, 0.1) is 0 Å². The van der Waals surface area contributed by atoms with Crippen LogP contribution in [0.3, 0.4) is 0 Å². The number of amides is 1. The van der Waals surface area contributed by atoms with E-state index in [1.807, 2.05) is 23.1 Å². The van der Waals surface area contributed by atoms with Crippen LogP contribution < -0.4 is 11.1 Å². The van der Waals surface area contributed by atoms with Gasteiger partial charge in [-0.2, -0.15) is 17.9 Å². The molecule has 0 bridgehead atoms. The second-order valence-electron chi connectivity index (χ2n) is 9.95. The van der Waals surface area contributed by atoms with Crippen molar-refractivity contribution in [2.75, 3.05) is 38.0 Å². The van der Waals surface area contributed by atoms with E-state index in [-0.39, 0.29) is 52.5 Å². The highest BCUT2D eigenvalue weighted by molar-refractivity contribution is 6.33. The van der Waals surface area contributed by atoms with Gasteiger partial charge in [0.2, 0.25) is 11.8 Å². The van der Waals surface area contributed by atoms with Crippen molar-refractivity contribution in [3.63, 3.8) is 0 Å². The third-order valence-corrected chi connectivity index (χ3v) is 7.22. The Labute approximate surface area is 243 Å². The zero-order valence-corrected chi connectivity index (χ0v) is 23.0. The van der Waals surface area contributed by atoms with E-state index in [4.69, 9.17) is 16.0 Å². The Bertz CT molecular complexity index is 1600. The second-order valence-corrected chi connectivity index (χ2v) is 10.4. The number of hydrogen-bond acceptors (Lipinski definition) is 7. The zero-order chi connectivity index (χ0) is 29.9. The lowest BCUT2D eigenvalue weighted by Gasteiger charge is -2.34. The second kappa shape index (κ2) is 12.4. The molecule has 42 heavy (non-hydrogen) atoms. The van der Waals surface area contributed by atoms with Crippen LogP contribution in [0.15, 0.2) is 75.9 Å². The van der Waals surface area contributed by atoms with Gasteiger partial charge in [-0.05, 0) is 35.9 Å². The molecule has 1 saturated heterocycles. The number of alkyl halides is 3. The maximum absolute atomic E-state index is 12.8. The van der Waals surface area contributed by atoms with Crippen molar-refractivity contribution in [2.24, 2.45) is 0 Å².